The SMILES string of the molecule is CCn1ccnc1[C@@H](NC[C@@H]1CCOC1)c1ccc(I)cc1. The minimum Gasteiger partial charge on any atom is -0.381 e. The van der Waals surface area contributed by atoms with Crippen molar-refractivity contribution < 1.29 is 4.74 Å². The summed E-state index contributed by atoms with van der Waals surface area (Å²) in [5.74, 6) is 1.69. The van der Waals surface area contributed by atoms with Crippen molar-refractivity contribution in [2.75, 3.05) is 19.8 Å². The lowest BCUT2D eigenvalue weighted by Gasteiger charge is -2.21. The summed E-state index contributed by atoms with van der Waals surface area (Å²) in [5.41, 5.74) is 1.26. The third-order valence-electron chi connectivity index (χ3n) is 4.18. The van der Waals surface area contributed by atoms with E-state index in [9.17, 15) is 0 Å². The number of benzene rings is 1. The molecule has 1 aromatic heterocycles. The van der Waals surface area contributed by atoms with Crippen LogP contribution in [0.15, 0.2) is 36.7 Å². The third-order valence-corrected chi connectivity index (χ3v) is 4.90. The molecule has 1 N–H and O–H groups in total. The normalized spacial score (nSPS) is 19.5. The minimum atomic E-state index is 0.132. The standard InChI is InChI=1S/C17H22IN3O/c1-2-21-9-8-19-17(21)16(14-3-5-15(18)6-4-14)20-11-13-7-10-22-12-13/h3-6,8-9,13,16,20H,2,7,10-12H2,1H3/t13-,16-/m0/s1. The monoisotopic (exact) mass is 411 g/mol. The van der Waals surface area contributed by atoms with E-state index >= 15 is 0 Å². The molecular weight excluding hydrogens is 389 g/mol. The number of aromatic nitrogens is 2. The van der Waals surface area contributed by atoms with Crippen LogP contribution in [0, 0.1) is 9.49 Å². The largest absolute Gasteiger partial charge is 0.381 e. The van der Waals surface area contributed by atoms with Crippen LogP contribution in [0.4, 0.5) is 0 Å². The van der Waals surface area contributed by atoms with Gasteiger partial charge in [0, 0.05) is 35.7 Å². The molecule has 0 radical (unpaired) electrons. The topological polar surface area (TPSA) is 39.1 Å². The van der Waals surface area contributed by atoms with Crippen molar-refractivity contribution in [2.45, 2.75) is 25.9 Å². The molecule has 1 aliphatic rings. The fraction of sp³-hybridized carbons (Fsp3) is 0.471. The average Bonchev–Trinajstić information content (AvgIpc) is 3.20. The van der Waals surface area contributed by atoms with Crippen LogP contribution in [-0.2, 0) is 11.3 Å². The first-order valence-corrected chi connectivity index (χ1v) is 8.93. The predicted octanol–water partition coefficient (Wildman–Crippen LogP) is 3.22. The molecule has 4 nitrogen and oxygen atoms in total. The van der Waals surface area contributed by atoms with Gasteiger partial charge in [-0.05, 0) is 59.5 Å². The number of nitrogens with zero attached hydrogens (tertiary/aromatic N) is 2. The summed E-state index contributed by atoms with van der Waals surface area (Å²) in [6, 6.07) is 8.83. The van der Waals surface area contributed by atoms with E-state index in [0.717, 1.165) is 38.5 Å². The lowest BCUT2D eigenvalue weighted by atomic mass is 10.0. The smallest absolute Gasteiger partial charge is 0.130 e. The van der Waals surface area contributed by atoms with Gasteiger partial charge in [-0.1, -0.05) is 12.1 Å². The Balaban J connectivity index is 1.82. The molecule has 0 amide bonds. The molecule has 118 valence electrons. The Morgan fingerprint density at radius 3 is 2.91 bits per heavy atom. The van der Waals surface area contributed by atoms with Gasteiger partial charge in [-0.25, -0.2) is 4.98 Å². The molecule has 0 bridgehead atoms. The molecule has 0 unspecified atom stereocenters. The Bertz CT molecular complexity index is 590. The summed E-state index contributed by atoms with van der Waals surface area (Å²) in [6.45, 7) is 5.82. The van der Waals surface area contributed by atoms with Gasteiger partial charge < -0.3 is 14.6 Å². The van der Waals surface area contributed by atoms with Gasteiger partial charge in [0.15, 0.2) is 0 Å². The highest BCUT2D eigenvalue weighted by molar-refractivity contribution is 14.1. The number of hydrogen-bond acceptors (Lipinski definition) is 3. The molecule has 1 fully saturated rings. The molecule has 1 aromatic carbocycles. The van der Waals surface area contributed by atoms with Crippen LogP contribution < -0.4 is 5.32 Å². The van der Waals surface area contributed by atoms with Crippen LogP contribution in [0.2, 0.25) is 0 Å². The molecule has 1 aliphatic heterocycles. The van der Waals surface area contributed by atoms with Gasteiger partial charge in [-0.3, -0.25) is 0 Å². The second-order valence-electron chi connectivity index (χ2n) is 5.69. The molecule has 3 rings (SSSR count). The van der Waals surface area contributed by atoms with E-state index in [1.165, 1.54) is 9.13 Å². The highest BCUT2D eigenvalue weighted by Crippen LogP contribution is 2.23. The van der Waals surface area contributed by atoms with Gasteiger partial charge in [-0.2, -0.15) is 0 Å². The highest BCUT2D eigenvalue weighted by Gasteiger charge is 2.22. The summed E-state index contributed by atoms with van der Waals surface area (Å²) in [6.07, 6.45) is 5.09. The number of aryl methyl sites for hydroxylation is 1. The van der Waals surface area contributed by atoms with Crippen LogP contribution >= 0.6 is 22.6 Å². The molecule has 5 heteroatoms. The minimum absolute atomic E-state index is 0.132. The van der Waals surface area contributed by atoms with Gasteiger partial charge in [0.2, 0.25) is 0 Å². The first kappa shape index (κ1) is 16.0. The zero-order chi connectivity index (χ0) is 15.4. The van der Waals surface area contributed by atoms with E-state index in [1.807, 2.05) is 6.20 Å². The van der Waals surface area contributed by atoms with Gasteiger partial charge in [0.25, 0.3) is 0 Å². The van der Waals surface area contributed by atoms with E-state index in [1.54, 1.807) is 0 Å². The molecule has 0 aliphatic carbocycles. The van der Waals surface area contributed by atoms with Gasteiger partial charge in [-0.15, -0.1) is 0 Å². The first-order chi connectivity index (χ1) is 10.8. The fourth-order valence-electron chi connectivity index (χ4n) is 2.89. The fourth-order valence-corrected chi connectivity index (χ4v) is 3.25. The van der Waals surface area contributed by atoms with Crippen LogP contribution in [0.3, 0.4) is 0 Å². The lowest BCUT2D eigenvalue weighted by Crippen LogP contribution is -2.30. The Kier molecular flexibility index (Phi) is 5.49. The second kappa shape index (κ2) is 7.57. The molecule has 2 atom stereocenters. The van der Waals surface area contributed by atoms with Crippen LogP contribution in [0.5, 0.6) is 0 Å². The molecular formula is C17H22IN3O. The number of hydrogen-bond donors (Lipinski definition) is 1. The Morgan fingerprint density at radius 1 is 1.41 bits per heavy atom. The van der Waals surface area contributed by atoms with Gasteiger partial charge in [0.05, 0.1) is 12.6 Å². The predicted molar refractivity (Wildman–Crippen MR) is 95.8 cm³/mol. The van der Waals surface area contributed by atoms with E-state index in [4.69, 9.17) is 4.74 Å². The maximum Gasteiger partial charge on any atom is 0.130 e. The molecule has 0 saturated carbocycles. The van der Waals surface area contributed by atoms with E-state index in [-0.39, 0.29) is 6.04 Å². The zero-order valence-corrected chi connectivity index (χ0v) is 15.0. The lowest BCUT2D eigenvalue weighted by molar-refractivity contribution is 0.184. The third kappa shape index (κ3) is 3.70. The quantitative estimate of drug-likeness (QED) is 0.743. The van der Waals surface area contributed by atoms with Crippen LogP contribution in [0.25, 0.3) is 0 Å². The molecule has 0 spiro atoms. The van der Waals surface area contributed by atoms with E-state index < -0.39 is 0 Å². The number of ether oxygens (including phenoxy) is 1. The first-order valence-electron chi connectivity index (χ1n) is 7.85. The number of nitrogens with one attached hydrogen (secondary N) is 1. The van der Waals surface area contributed by atoms with E-state index in [2.05, 4.69) is 74.8 Å². The Morgan fingerprint density at radius 2 is 2.23 bits per heavy atom. The molecule has 2 aromatic rings. The van der Waals surface area contributed by atoms with Crippen LogP contribution in [-0.4, -0.2) is 29.3 Å². The van der Waals surface area contributed by atoms with Crippen molar-refractivity contribution in [1.82, 2.24) is 14.9 Å². The van der Waals surface area contributed by atoms with Crippen molar-refractivity contribution in [1.29, 1.82) is 0 Å². The highest BCUT2D eigenvalue weighted by atomic mass is 127. The molecule has 2 heterocycles. The van der Waals surface area contributed by atoms with Gasteiger partial charge in [0.1, 0.15) is 5.82 Å². The zero-order valence-electron chi connectivity index (χ0n) is 12.8. The summed E-state index contributed by atoms with van der Waals surface area (Å²) in [5, 5.41) is 3.71. The number of imidazole rings is 1. The molecule has 22 heavy (non-hydrogen) atoms. The van der Waals surface area contributed by atoms with E-state index in [0.29, 0.717) is 5.92 Å². The van der Waals surface area contributed by atoms with Gasteiger partial charge >= 0.3 is 0 Å². The number of rotatable bonds is 6. The Labute approximate surface area is 145 Å². The van der Waals surface area contributed by atoms with Crippen molar-refractivity contribution in [3.8, 4) is 0 Å². The van der Waals surface area contributed by atoms with Crippen LogP contribution in [0.1, 0.15) is 30.8 Å². The average molecular weight is 411 g/mol. The second-order valence-corrected chi connectivity index (χ2v) is 6.94. The summed E-state index contributed by atoms with van der Waals surface area (Å²) in [4.78, 5) is 4.60. The summed E-state index contributed by atoms with van der Waals surface area (Å²) < 4.78 is 8.95. The number of halogens is 1. The van der Waals surface area contributed by atoms with Crippen molar-refractivity contribution in [3.05, 3.63) is 51.6 Å². The maximum absolute atomic E-state index is 5.48. The summed E-state index contributed by atoms with van der Waals surface area (Å²) >= 11 is 2.34. The van der Waals surface area contributed by atoms with Crippen molar-refractivity contribution in [3.63, 3.8) is 0 Å². The maximum atomic E-state index is 5.48. The summed E-state index contributed by atoms with van der Waals surface area (Å²) in [7, 11) is 0. The van der Waals surface area contributed by atoms with Crippen molar-refractivity contribution in [2.24, 2.45) is 5.92 Å². The van der Waals surface area contributed by atoms with Crippen molar-refractivity contribution >= 4 is 22.6 Å². The Hall–Kier alpha value is -0.920. The molecule has 1 saturated heterocycles.